The van der Waals surface area contributed by atoms with Crippen LogP contribution in [0, 0.1) is 0 Å². The Hall–Kier alpha value is -2.34. The number of nitrogens with one attached hydrogen (secondary N) is 1. The predicted molar refractivity (Wildman–Crippen MR) is 92.3 cm³/mol. The molecule has 0 saturated heterocycles. The van der Waals surface area contributed by atoms with E-state index < -0.39 is 0 Å². The standard InChI is InChI=1S/C17H19ClN4O2/c1-19-16-9-12-11-22(7-5-15(12)20-21-16)17(23)6-8-24-14-4-2-3-13(18)10-14/h2-4,9-10H,5-8,11H2,1H3,(H,19,21). The van der Waals surface area contributed by atoms with Crippen molar-refractivity contribution in [3.63, 3.8) is 0 Å². The average molecular weight is 347 g/mol. The number of halogens is 1. The van der Waals surface area contributed by atoms with Gasteiger partial charge in [0.25, 0.3) is 0 Å². The maximum atomic E-state index is 12.4. The molecule has 0 unspecified atom stereocenters. The number of amides is 1. The van der Waals surface area contributed by atoms with E-state index >= 15 is 0 Å². The molecular weight excluding hydrogens is 328 g/mol. The van der Waals surface area contributed by atoms with Crippen LogP contribution < -0.4 is 10.1 Å². The Balaban J connectivity index is 1.54. The minimum Gasteiger partial charge on any atom is -0.493 e. The smallest absolute Gasteiger partial charge is 0.226 e. The summed E-state index contributed by atoms with van der Waals surface area (Å²) in [5, 5.41) is 11.9. The fourth-order valence-electron chi connectivity index (χ4n) is 2.63. The second-order valence-corrected chi connectivity index (χ2v) is 6.01. The summed E-state index contributed by atoms with van der Waals surface area (Å²) < 4.78 is 5.59. The second-order valence-electron chi connectivity index (χ2n) is 5.57. The minimum atomic E-state index is 0.0745. The maximum absolute atomic E-state index is 12.4. The monoisotopic (exact) mass is 346 g/mol. The molecule has 1 aromatic heterocycles. The first-order valence-electron chi connectivity index (χ1n) is 7.85. The third-order valence-corrected chi connectivity index (χ3v) is 4.16. The Labute approximate surface area is 145 Å². The van der Waals surface area contributed by atoms with E-state index in [1.165, 1.54) is 0 Å². The number of nitrogens with zero attached hydrogens (tertiary/aromatic N) is 3. The van der Waals surface area contributed by atoms with Gasteiger partial charge in [-0.3, -0.25) is 4.79 Å². The summed E-state index contributed by atoms with van der Waals surface area (Å²) in [5.41, 5.74) is 2.01. The van der Waals surface area contributed by atoms with Crippen molar-refractivity contribution in [3.8, 4) is 5.75 Å². The lowest BCUT2D eigenvalue weighted by Gasteiger charge is -2.28. The molecule has 0 saturated carbocycles. The summed E-state index contributed by atoms with van der Waals surface area (Å²) in [6.07, 6.45) is 1.06. The van der Waals surface area contributed by atoms with Gasteiger partial charge in [0.2, 0.25) is 5.91 Å². The Morgan fingerprint density at radius 1 is 1.38 bits per heavy atom. The first-order chi connectivity index (χ1) is 11.7. The SMILES string of the molecule is CNc1cc2c(nn1)CCN(C(=O)CCOc1cccc(Cl)c1)C2. The van der Waals surface area contributed by atoms with Crippen LogP contribution in [-0.2, 0) is 17.8 Å². The lowest BCUT2D eigenvalue weighted by atomic mass is 10.1. The number of fused-ring (bicyclic) bond motifs is 1. The van der Waals surface area contributed by atoms with Crippen molar-refractivity contribution in [2.24, 2.45) is 0 Å². The molecule has 1 aliphatic rings. The van der Waals surface area contributed by atoms with Crippen molar-refractivity contribution in [2.75, 3.05) is 25.5 Å². The normalized spacial score (nSPS) is 13.3. The zero-order valence-corrected chi connectivity index (χ0v) is 14.2. The summed E-state index contributed by atoms with van der Waals surface area (Å²) >= 11 is 5.91. The van der Waals surface area contributed by atoms with Gasteiger partial charge >= 0.3 is 0 Å². The number of ether oxygens (including phenoxy) is 1. The van der Waals surface area contributed by atoms with E-state index in [0.717, 1.165) is 17.7 Å². The number of hydrogen-bond acceptors (Lipinski definition) is 5. The van der Waals surface area contributed by atoms with Gasteiger partial charge < -0.3 is 15.0 Å². The number of benzene rings is 1. The highest BCUT2D eigenvalue weighted by Crippen LogP contribution is 2.20. The molecule has 1 aliphatic heterocycles. The van der Waals surface area contributed by atoms with E-state index in [1.54, 1.807) is 19.2 Å². The molecule has 0 spiro atoms. The molecule has 1 N–H and O–H groups in total. The van der Waals surface area contributed by atoms with Gasteiger partial charge in [0, 0.05) is 31.6 Å². The maximum Gasteiger partial charge on any atom is 0.226 e. The lowest BCUT2D eigenvalue weighted by molar-refractivity contribution is -0.132. The predicted octanol–water partition coefficient (Wildman–Crippen LogP) is 2.53. The molecule has 6 nitrogen and oxygen atoms in total. The molecule has 7 heteroatoms. The fourth-order valence-corrected chi connectivity index (χ4v) is 2.82. The number of aromatic nitrogens is 2. The van der Waals surface area contributed by atoms with E-state index in [2.05, 4.69) is 15.5 Å². The molecule has 0 atom stereocenters. The molecular formula is C17H19ClN4O2. The molecule has 2 aromatic rings. The molecule has 24 heavy (non-hydrogen) atoms. The third kappa shape index (κ3) is 3.94. The molecule has 3 rings (SSSR count). The highest BCUT2D eigenvalue weighted by molar-refractivity contribution is 6.30. The average Bonchev–Trinajstić information content (AvgIpc) is 2.60. The Kier molecular flexibility index (Phi) is 5.15. The van der Waals surface area contributed by atoms with E-state index in [1.807, 2.05) is 23.1 Å². The van der Waals surface area contributed by atoms with Crippen LogP contribution in [0.25, 0.3) is 0 Å². The van der Waals surface area contributed by atoms with Crippen molar-refractivity contribution in [2.45, 2.75) is 19.4 Å². The largest absolute Gasteiger partial charge is 0.493 e. The molecule has 126 valence electrons. The minimum absolute atomic E-state index is 0.0745. The molecule has 1 aromatic carbocycles. The Morgan fingerprint density at radius 3 is 3.04 bits per heavy atom. The molecule has 0 fully saturated rings. The third-order valence-electron chi connectivity index (χ3n) is 3.93. The van der Waals surface area contributed by atoms with Crippen LogP contribution in [0.5, 0.6) is 5.75 Å². The first-order valence-corrected chi connectivity index (χ1v) is 8.23. The second kappa shape index (κ2) is 7.49. The lowest BCUT2D eigenvalue weighted by Crippen LogP contribution is -2.37. The number of rotatable bonds is 5. The molecule has 0 aliphatic carbocycles. The van der Waals surface area contributed by atoms with Crippen molar-refractivity contribution >= 4 is 23.3 Å². The van der Waals surface area contributed by atoms with Crippen LogP contribution in [0.3, 0.4) is 0 Å². The van der Waals surface area contributed by atoms with Gasteiger partial charge in [-0.25, -0.2) is 0 Å². The quantitative estimate of drug-likeness (QED) is 0.901. The summed E-state index contributed by atoms with van der Waals surface area (Å²) in [4.78, 5) is 14.2. The van der Waals surface area contributed by atoms with Gasteiger partial charge in [-0.05, 0) is 29.8 Å². The van der Waals surface area contributed by atoms with Crippen molar-refractivity contribution in [1.29, 1.82) is 0 Å². The molecule has 0 radical (unpaired) electrons. The molecule has 1 amide bonds. The van der Waals surface area contributed by atoms with Crippen LogP contribution in [0.4, 0.5) is 5.82 Å². The van der Waals surface area contributed by atoms with Gasteiger partial charge in [0.05, 0.1) is 18.7 Å². The van der Waals surface area contributed by atoms with Gasteiger partial charge in [-0.15, -0.1) is 5.10 Å². The van der Waals surface area contributed by atoms with Crippen LogP contribution in [0.1, 0.15) is 17.7 Å². The number of carbonyl (C=O) groups excluding carboxylic acids is 1. The first kappa shape index (κ1) is 16.5. The van der Waals surface area contributed by atoms with Crippen LogP contribution in [0.15, 0.2) is 30.3 Å². The van der Waals surface area contributed by atoms with E-state index in [4.69, 9.17) is 16.3 Å². The van der Waals surface area contributed by atoms with Gasteiger partial charge in [-0.2, -0.15) is 5.10 Å². The zero-order valence-electron chi connectivity index (χ0n) is 13.5. The number of hydrogen-bond donors (Lipinski definition) is 1. The van der Waals surface area contributed by atoms with E-state index in [9.17, 15) is 4.79 Å². The summed E-state index contributed by atoms with van der Waals surface area (Å²) in [7, 11) is 1.80. The summed E-state index contributed by atoms with van der Waals surface area (Å²) in [5.74, 6) is 1.46. The number of anilines is 1. The number of carbonyl (C=O) groups is 1. The highest BCUT2D eigenvalue weighted by atomic mass is 35.5. The van der Waals surface area contributed by atoms with E-state index in [0.29, 0.717) is 42.7 Å². The fraction of sp³-hybridized carbons (Fsp3) is 0.353. The van der Waals surface area contributed by atoms with Gasteiger partial charge in [0.1, 0.15) is 11.6 Å². The Morgan fingerprint density at radius 2 is 2.25 bits per heavy atom. The summed E-state index contributed by atoms with van der Waals surface area (Å²) in [6.45, 7) is 1.56. The van der Waals surface area contributed by atoms with Crippen molar-refractivity contribution < 1.29 is 9.53 Å². The highest BCUT2D eigenvalue weighted by Gasteiger charge is 2.22. The van der Waals surface area contributed by atoms with Gasteiger partial charge in [0.15, 0.2) is 0 Å². The Bertz CT molecular complexity index is 738. The topological polar surface area (TPSA) is 67.4 Å². The van der Waals surface area contributed by atoms with Gasteiger partial charge in [-0.1, -0.05) is 17.7 Å². The van der Waals surface area contributed by atoms with Crippen LogP contribution in [-0.4, -0.2) is 41.2 Å². The van der Waals surface area contributed by atoms with Crippen LogP contribution >= 0.6 is 11.6 Å². The van der Waals surface area contributed by atoms with Crippen molar-refractivity contribution in [3.05, 3.63) is 46.6 Å². The van der Waals surface area contributed by atoms with Crippen molar-refractivity contribution in [1.82, 2.24) is 15.1 Å². The van der Waals surface area contributed by atoms with Crippen LogP contribution in [0.2, 0.25) is 5.02 Å². The molecule has 2 heterocycles. The molecule has 0 bridgehead atoms. The van der Waals surface area contributed by atoms with E-state index in [-0.39, 0.29) is 5.91 Å². The zero-order chi connectivity index (χ0) is 16.9. The summed E-state index contributed by atoms with van der Waals surface area (Å²) in [6, 6.07) is 9.12.